The van der Waals surface area contributed by atoms with Gasteiger partial charge in [-0.3, -0.25) is 9.59 Å². The van der Waals surface area contributed by atoms with Crippen LogP contribution in [0.15, 0.2) is 29.8 Å². The van der Waals surface area contributed by atoms with Gasteiger partial charge >= 0.3 is 0 Å². The maximum Gasteiger partial charge on any atom is 0.257 e. The Bertz CT molecular complexity index is 830. The van der Waals surface area contributed by atoms with Crippen molar-refractivity contribution in [2.24, 2.45) is 10.8 Å². The van der Waals surface area contributed by atoms with Gasteiger partial charge < -0.3 is 9.64 Å². The summed E-state index contributed by atoms with van der Waals surface area (Å²) in [5, 5.41) is 9.71. The predicted octanol–water partition coefficient (Wildman–Crippen LogP) is 3.24. The molecule has 0 atom stereocenters. The Morgan fingerprint density at radius 1 is 1.36 bits per heavy atom. The third-order valence-electron chi connectivity index (χ3n) is 4.91. The largest absolute Gasteiger partial charge is 0.496 e. The molecule has 3 rings (SSSR count). The summed E-state index contributed by atoms with van der Waals surface area (Å²) in [6.45, 7) is 4.66. The molecule has 0 aromatic heterocycles. The number of benzene rings is 1. The van der Waals surface area contributed by atoms with Crippen LogP contribution >= 0.6 is 11.6 Å². The number of ketones is 1. The number of nitrogens with zero attached hydrogens (tertiary/aromatic N) is 2. The van der Waals surface area contributed by atoms with E-state index >= 15 is 0 Å². The van der Waals surface area contributed by atoms with Gasteiger partial charge in [0.1, 0.15) is 11.8 Å². The first kappa shape index (κ1) is 17.5. The number of hydrogen-bond acceptors (Lipinski definition) is 4. The minimum absolute atomic E-state index is 0.123. The summed E-state index contributed by atoms with van der Waals surface area (Å²) >= 11 is 6.01. The first-order chi connectivity index (χ1) is 11.7. The molecule has 25 heavy (non-hydrogen) atoms. The molecule has 6 heteroatoms. The van der Waals surface area contributed by atoms with Gasteiger partial charge in [0.15, 0.2) is 5.78 Å². The molecule has 0 saturated carbocycles. The molecule has 0 bridgehead atoms. The van der Waals surface area contributed by atoms with E-state index in [-0.39, 0.29) is 22.7 Å². The lowest BCUT2D eigenvalue weighted by molar-refractivity contribution is -0.127. The van der Waals surface area contributed by atoms with E-state index < -0.39 is 5.41 Å². The molecule has 1 aliphatic carbocycles. The Balaban J connectivity index is 1.84. The molecule has 1 fully saturated rings. The first-order valence-corrected chi connectivity index (χ1v) is 8.40. The van der Waals surface area contributed by atoms with E-state index in [4.69, 9.17) is 16.3 Å². The van der Waals surface area contributed by atoms with Crippen molar-refractivity contribution in [2.45, 2.75) is 20.3 Å². The van der Waals surface area contributed by atoms with Crippen molar-refractivity contribution in [3.8, 4) is 11.8 Å². The average Bonchev–Trinajstić information content (AvgIpc) is 2.54. The van der Waals surface area contributed by atoms with Crippen LogP contribution in [0.2, 0.25) is 5.02 Å². The normalized spacial score (nSPS) is 20.5. The second-order valence-electron chi connectivity index (χ2n) is 7.43. The van der Waals surface area contributed by atoms with Crippen LogP contribution in [0.1, 0.15) is 30.6 Å². The van der Waals surface area contributed by atoms with Crippen molar-refractivity contribution >= 4 is 23.3 Å². The van der Waals surface area contributed by atoms with Gasteiger partial charge in [-0.1, -0.05) is 31.5 Å². The van der Waals surface area contributed by atoms with Gasteiger partial charge in [-0.15, -0.1) is 0 Å². The van der Waals surface area contributed by atoms with Gasteiger partial charge in [-0.05, 0) is 24.6 Å². The molecule has 1 spiro atoms. The number of amides is 1. The molecule has 1 aromatic rings. The van der Waals surface area contributed by atoms with Crippen LogP contribution in [0.5, 0.6) is 5.75 Å². The van der Waals surface area contributed by atoms with Crippen LogP contribution < -0.4 is 4.74 Å². The molecule has 1 heterocycles. The summed E-state index contributed by atoms with van der Waals surface area (Å²) in [4.78, 5) is 26.8. The van der Waals surface area contributed by atoms with Crippen LogP contribution in [0, 0.1) is 22.2 Å². The van der Waals surface area contributed by atoms with E-state index in [1.54, 1.807) is 29.2 Å². The Morgan fingerprint density at radius 2 is 2.04 bits per heavy atom. The molecule has 1 aromatic carbocycles. The van der Waals surface area contributed by atoms with E-state index in [0.717, 1.165) is 0 Å². The molecule has 130 valence electrons. The fraction of sp³-hybridized carbons (Fsp3) is 0.421. The number of halogens is 1. The summed E-state index contributed by atoms with van der Waals surface area (Å²) in [7, 11) is 1.51. The van der Waals surface area contributed by atoms with E-state index in [2.05, 4.69) is 0 Å². The lowest BCUT2D eigenvalue weighted by Crippen LogP contribution is -2.60. The Morgan fingerprint density at radius 3 is 2.64 bits per heavy atom. The zero-order valence-corrected chi connectivity index (χ0v) is 15.2. The highest BCUT2D eigenvalue weighted by Gasteiger charge is 2.52. The topological polar surface area (TPSA) is 70.4 Å². The van der Waals surface area contributed by atoms with Crippen LogP contribution in [-0.4, -0.2) is 36.8 Å². The third-order valence-corrected chi connectivity index (χ3v) is 5.15. The summed E-state index contributed by atoms with van der Waals surface area (Å²) in [6, 6.07) is 6.94. The quantitative estimate of drug-likeness (QED) is 0.813. The minimum Gasteiger partial charge on any atom is -0.496 e. The number of likely N-dealkylation sites (tertiary alicyclic amines) is 1. The third kappa shape index (κ3) is 2.91. The monoisotopic (exact) mass is 358 g/mol. The van der Waals surface area contributed by atoms with Crippen molar-refractivity contribution in [1.29, 1.82) is 5.26 Å². The molecule has 1 saturated heterocycles. The van der Waals surface area contributed by atoms with Crippen LogP contribution in [0.4, 0.5) is 0 Å². The molecule has 2 aliphatic rings. The van der Waals surface area contributed by atoms with Gasteiger partial charge in [0.05, 0.1) is 18.2 Å². The summed E-state index contributed by atoms with van der Waals surface area (Å²) in [6.07, 6.45) is 2.38. The van der Waals surface area contributed by atoms with Gasteiger partial charge in [-0.2, -0.15) is 5.26 Å². The summed E-state index contributed by atoms with van der Waals surface area (Å²) < 4.78 is 5.25. The molecule has 0 unspecified atom stereocenters. The number of carbonyl (C=O) groups excluding carboxylic acids is 2. The number of hydrogen-bond donors (Lipinski definition) is 0. The maximum atomic E-state index is 12.8. The highest BCUT2D eigenvalue weighted by Crippen LogP contribution is 2.48. The maximum absolute atomic E-state index is 12.8. The lowest BCUT2D eigenvalue weighted by Gasteiger charge is -2.53. The Hall–Kier alpha value is -2.32. The number of ether oxygens (including phenoxy) is 1. The highest BCUT2D eigenvalue weighted by molar-refractivity contribution is 6.31. The van der Waals surface area contributed by atoms with E-state index in [9.17, 15) is 14.9 Å². The van der Waals surface area contributed by atoms with E-state index in [0.29, 0.717) is 35.8 Å². The number of carbonyl (C=O) groups is 2. The first-order valence-electron chi connectivity index (χ1n) is 8.02. The zero-order chi connectivity index (χ0) is 18.4. The molecule has 1 amide bonds. The van der Waals surface area contributed by atoms with E-state index in [1.807, 2.05) is 19.9 Å². The minimum atomic E-state index is -0.595. The van der Waals surface area contributed by atoms with Crippen molar-refractivity contribution in [2.75, 3.05) is 20.2 Å². The second-order valence-corrected chi connectivity index (χ2v) is 7.86. The van der Waals surface area contributed by atoms with Gasteiger partial charge in [-0.25, -0.2) is 0 Å². The van der Waals surface area contributed by atoms with Crippen molar-refractivity contribution in [1.82, 2.24) is 4.90 Å². The van der Waals surface area contributed by atoms with Crippen LogP contribution in [0.25, 0.3) is 0 Å². The fourth-order valence-electron chi connectivity index (χ4n) is 3.91. The molecular formula is C19H19ClN2O3. The average molecular weight is 359 g/mol. The number of nitriles is 1. The Labute approximate surface area is 151 Å². The predicted molar refractivity (Wildman–Crippen MR) is 93.4 cm³/mol. The van der Waals surface area contributed by atoms with E-state index in [1.165, 1.54) is 7.11 Å². The van der Waals surface area contributed by atoms with Crippen molar-refractivity contribution in [3.05, 3.63) is 40.4 Å². The smallest absolute Gasteiger partial charge is 0.257 e. The number of allylic oxidation sites excluding steroid dienone is 1. The van der Waals surface area contributed by atoms with Crippen molar-refractivity contribution in [3.63, 3.8) is 0 Å². The number of rotatable bonds is 2. The SMILES string of the molecule is COc1ccc(Cl)cc1C(=O)N1CC2(C=C(C#N)C(=O)C(C)(C)C2)C1. The molecule has 1 aliphatic heterocycles. The molecule has 0 radical (unpaired) electrons. The fourth-order valence-corrected chi connectivity index (χ4v) is 4.08. The highest BCUT2D eigenvalue weighted by atomic mass is 35.5. The summed E-state index contributed by atoms with van der Waals surface area (Å²) in [5.41, 5.74) is -0.295. The van der Waals surface area contributed by atoms with Gasteiger partial charge in [0, 0.05) is 28.9 Å². The zero-order valence-electron chi connectivity index (χ0n) is 14.4. The summed E-state index contributed by atoms with van der Waals surface area (Å²) in [5.74, 6) is 0.191. The molecule has 0 N–H and O–H groups in total. The van der Waals surface area contributed by atoms with Crippen LogP contribution in [0.3, 0.4) is 0 Å². The lowest BCUT2D eigenvalue weighted by atomic mass is 9.61. The standard InChI is InChI=1S/C19H19ClN2O3/c1-18(2)9-19(7-12(8-21)16(18)23)10-22(11-19)17(24)14-6-13(20)4-5-15(14)25-3/h4-7H,9-11H2,1-3H3. The van der Waals surface area contributed by atoms with Gasteiger partial charge in [0.2, 0.25) is 0 Å². The van der Waals surface area contributed by atoms with Gasteiger partial charge in [0.25, 0.3) is 5.91 Å². The molecular weight excluding hydrogens is 340 g/mol. The van der Waals surface area contributed by atoms with Crippen LogP contribution in [-0.2, 0) is 4.79 Å². The second kappa shape index (κ2) is 5.89. The van der Waals surface area contributed by atoms with Crippen molar-refractivity contribution < 1.29 is 14.3 Å². The molecule has 5 nitrogen and oxygen atoms in total. The number of Topliss-reactive ketones (excluding diaryl/α,β-unsaturated/α-hetero) is 1. The Kier molecular flexibility index (Phi) is 4.12. The number of methoxy groups -OCH3 is 1.